The molecule has 33 heavy (non-hydrogen) atoms. The number of nitrogens with zero attached hydrogens (tertiary/aromatic N) is 3. The third kappa shape index (κ3) is 5.02. The van der Waals surface area contributed by atoms with Crippen LogP contribution in [0.5, 0.6) is 0 Å². The van der Waals surface area contributed by atoms with Crippen LogP contribution in [0.15, 0.2) is 40.4 Å². The van der Waals surface area contributed by atoms with Crippen LogP contribution < -0.4 is 10.6 Å². The lowest BCUT2D eigenvalue weighted by Gasteiger charge is -2.09. The minimum atomic E-state index is -0.481. The van der Waals surface area contributed by atoms with E-state index in [0.29, 0.717) is 27.1 Å². The van der Waals surface area contributed by atoms with E-state index in [0.717, 1.165) is 33.6 Å². The number of carbonyl (C=O) groups excluding carboxylic acids is 2. The second-order valence-electron chi connectivity index (χ2n) is 7.46. The summed E-state index contributed by atoms with van der Waals surface area (Å²) in [6, 6.07) is 6.15. The Labute approximate surface area is 202 Å². The molecule has 0 unspecified atom stereocenters. The maximum atomic E-state index is 12.6. The van der Waals surface area contributed by atoms with Gasteiger partial charge >= 0.3 is 5.97 Å². The molecule has 1 fully saturated rings. The van der Waals surface area contributed by atoms with Crippen molar-refractivity contribution in [3.63, 3.8) is 0 Å². The van der Waals surface area contributed by atoms with Crippen molar-refractivity contribution in [1.29, 1.82) is 0 Å². The second kappa shape index (κ2) is 10.3. The highest BCUT2D eigenvalue weighted by Gasteiger charge is 2.30. The molecule has 1 saturated heterocycles. The number of rotatable bonds is 6. The van der Waals surface area contributed by atoms with Crippen LogP contribution in [-0.4, -0.2) is 37.9 Å². The molecule has 0 N–H and O–H groups in total. The van der Waals surface area contributed by atoms with Gasteiger partial charge in [0.1, 0.15) is 4.32 Å². The van der Waals surface area contributed by atoms with Crippen molar-refractivity contribution >= 4 is 75.0 Å². The lowest BCUT2D eigenvalue weighted by atomic mass is 10.1. The molecule has 0 saturated carbocycles. The van der Waals surface area contributed by atoms with Gasteiger partial charge in [0.05, 0.1) is 10.6 Å². The average molecular weight is 482 g/mol. The lowest BCUT2D eigenvalue weighted by molar-refractivity contribution is -0.140. The van der Waals surface area contributed by atoms with Crippen LogP contribution >= 0.6 is 24.0 Å². The molecule has 6 nitrogen and oxygen atoms in total. The van der Waals surface area contributed by atoms with E-state index in [4.69, 9.17) is 17.1 Å². The fourth-order valence-corrected chi connectivity index (χ4v) is 5.09. The van der Waals surface area contributed by atoms with Gasteiger partial charge in [-0.05, 0) is 63.1 Å². The van der Waals surface area contributed by atoms with E-state index in [2.05, 4.69) is 41.4 Å². The molecule has 1 aliphatic rings. The Kier molecular flexibility index (Phi) is 7.71. The highest BCUT2D eigenvalue weighted by Crippen LogP contribution is 2.32. The summed E-state index contributed by atoms with van der Waals surface area (Å²) in [4.78, 5) is 30.7. The van der Waals surface area contributed by atoms with Crippen molar-refractivity contribution in [1.82, 2.24) is 9.47 Å². The monoisotopic (exact) mass is 481 g/mol. The third-order valence-electron chi connectivity index (χ3n) is 5.34. The van der Waals surface area contributed by atoms with Crippen molar-refractivity contribution in [3.8, 4) is 0 Å². The van der Waals surface area contributed by atoms with E-state index in [1.807, 2.05) is 32.1 Å². The maximum absolute atomic E-state index is 12.6. The predicted molar refractivity (Wildman–Crippen MR) is 141 cm³/mol. The number of fused-ring (bicyclic) bond motifs is 1. The van der Waals surface area contributed by atoms with Gasteiger partial charge in [0.25, 0.3) is 5.91 Å². The summed E-state index contributed by atoms with van der Waals surface area (Å²) >= 11 is 6.66. The van der Waals surface area contributed by atoms with Gasteiger partial charge in [-0.3, -0.25) is 9.69 Å². The molecule has 0 bridgehead atoms. The van der Waals surface area contributed by atoms with Gasteiger partial charge in [-0.1, -0.05) is 47.9 Å². The Morgan fingerprint density at radius 3 is 2.58 bits per heavy atom. The number of benzene rings is 1. The Morgan fingerprint density at radius 2 is 2.00 bits per heavy atom. The Balaban J connectivity index is 2.18. The molecule has 0 spiro atoms. The molecule has 1 amide bonds. The van der Waals surface area contributed by atoms with Crippen LogP contribution in [0.3, 0.4) is 0 Å². The summed E-state index contributed by atoms with van der Waals surface area (Å²) in [5, 5.41) is 6.94. The molecule has 0 radical (unpaired) electrons. The van der Waals surface area contributed by atoms with Crippen LogP contribution in [0.4, 0.5) is 0 Å². The van der Waals surface area contributed by atoms with Gasteiger partial charge in [-0.25, -0.2) is 4.79 Å². The zero-order chi connectivity index (χ0) is 24.3. The fraction of sp³-hybridized carbons (Fsp3) is 0.280. The van der Waals surface area contributed by atoms with E-state index >= 15 is 0 Å². The van der Waals surface area contributed by atoms with Crippen LogP contribution in [0, 0.1) is 0 Å². The smallest absolute Gasteiger partial charge is 0.331 e. The van der Waals surface area contributed by atoms with E-state index in [-0.39, 0.29) is 5.91 Å². The van der Waals surface area contributed by atoms with Crippen LogP contribution in [0.25, 0.3) is 29.1 Å². The highest BCUT2D eigenvalue weighted by molar-refractivity contribution is 8.26. The molecule has 8 heteroatoms. The number of aromatic nitrogens is 1. The first-order valence-electron chi connectivity index (χ1n) is 10.7. The van der Waals surface area contributed by atoms with Crippen molar-refractivity contribution in [2.75, 3.05) is 6.54 Å². The SMILES string of the molecule is C=C(/C=c1\c(=C/C)n(CC)c2ccc(/C=C3\SC(=S)N(CC)C3=O)cc12)/C(C)=N/OC(C)=O. The van der Waals surface area contributed by atoms with Crippen LogP contribution in [0.1, 0.15) is 40.2 Å². The summed E-state index contributed by atoms with van der Waals surface area (Å²) in [6.07, 6.45) is 5.90. The van der Waals surface area contributed by atoms with E-state index < -0.39 is 5.97 Å². The average Bonchev–Trinajstić information content (AvgIpc) is 3.23. The zero-order valence-electron chi connectivity index (χ0n) is 19.5. The van der Waals surface area contributed by atoms with Crippen molar-refractivity contribution < 1.29 is 14.4 Å². The van der Waals surface area contributed by atoms with Gasteiger partial charge in [-0.15, -0.1) is 0 Å². The molecule has 1 aliphatic heterocycles. The normalized spacial score (nSPS) is 17.1. The first kappa shape index (κ1) is 24.7. The Hall–Kier alpha value is -2.97. The number of hydrogen-bond acceptors (Lipinski definition) is 6. The predicted octanol–water partition coefficient (Wildman–Crippen LogP) is 3.96. The summed E-state index contributed by atoms with van der Waals surface area (Å²) in [7, 11) is 0. The van der Waals surface area contributed by atoms with Crippen LogP contribution in [-0.2, 0) is 21.0 Å². The number of thiocarbonyl (C=S) groups is 1. The molecule has 0 aliphatic carbocycles. The Bertz CT molecular complexity index is 1350. The molecular formula is C25H27N3O3S2. The van der Waals surface area contributed by atoms with E-state index in [1.165, 1.54) is 18.7 Å². The topological polar surface area (TPSA) is 63.9 Å². The summed E-state index contributed by atoms with van der Waals surface area (Å²) in [5.74, 6) is -0.538. The molecule has 1 aromatic carbocycles. The minimum Gasteiger partial charge on any atom is -0.341 e. The maximum Gasteiger partial charge on any atom is 0.331 e. The molecule has 1 aromatic heterocycles. The van der Waals surface area contributed by atoms with E-state index in [1.54, 1.807) is 11.8 Å². The summed E-state index contributed by atoms with van der Waals surface area (Å²) in [6.45, 7) is 14.5. The van der Waals surface area contributed by atoms with Gasteiger partial charge in [0.2, 0.25) is 0 Å². The first-order chi connectivity index (χ1) is 15.7. The highest BCUT2D eigenvalue weighted by atomic mass is 32.2. The summed E-state index contributed by atoms with van der Waals surface area (Å²) in [5.41, 5.74) is 3.16. The Morgan fingerprint density at radius 1 is 1.27 bits per heavy atom. The molecule has 2 aromatic rings. The van der Waals surface area contributed by atoms with Gasteiger partial charge < -0.3 is 9.40 Å². The number of carbonyl (C=O) groups is 2. The zero-order valence-corrected chi connectivity index (χ0v) is 21.1. The standard InChI is InChI=1S/C25H27N3O3S2/c1-7-21-19(12-15(4)16(5)26-31-17(6)29)20-13-18(10-11-22(20)27(21)8-2)14-23-24(30)28(9-3)25(32)33-23/h7,10-14H,4,8-9H2,1-3,5-6H3/b19-12-,21-7+,23-14-,26-16+. The van der Waals surface area contributed by atoms with Gasteiger partial charge in [0, 0.05) is 41.5 Å². The number of likely N-dealkylation sites (N-methyl/N-ethyl adjacent to an activating group) is 1. The quantitative estimate of drug-likeness (QED) is 0.205. The fourth-order valence-electron chi connectivity index (χ4n) is 3.71. The molecule has 0 atom stereocenters. The van der Waals surface area contributed by atoms with Gasteiger partial charge in [-0.2, -0.15) is 0 Å². The first-order valence-corrected chi connectivity index (χ1v) is 11.9. The van der Waals surface area contributed by atoms with Crippen molar-refractivity contribution in [2.45, 2.75) is 41.2 Å². The number of hydrogen-bond donors (Lipinski definition) is 0. The molecule has 3 rings (SSSR count). The number of amides is 1. The lowest BCUT2D eigenvalue weighted by Crippen LogP contribution is -2.29. The number of aryl methyl sites for hydroxylation is 1. The molecule has 2 heterocycles. The molecular weight excluding hydrogens is 454 g/mol. The largest absolute Gasteiger partial charge is 0.341 e. The van der Waals surface area contributed by atoms with Crippen LogP contribution in [0.2, 0.25) is 0 Å². The molecule has 172 valence electrons. The number of allylic oxidation sites excluding steroid dienone is 1. The summed E-state index contributed by atoms with van der Waals surface area (Å²) < 4.78 is 2.82. The number of oxime groups is 1. The minimum absolute atomic E-state index is 0.0567. The van der Waals surface area contributed by atoms with Crippen molar-refractivity contribution in [2.24, 2.45) is 5.16 Å². The van der Waals surface area contributed by atoms with E-state index in [9.17, 15) is 9.59 Å². The second-order valence-corrected chi connectivity index (χ2v) is 9.14. The third-order valence-corrected chi connectivity index (χ3v) is 6.72. The van der Waals surface area contributed by atoms with Gasteiger partial charge in [0.15, 0.2) is 0 Å². The number of thioether (sulfide) groups is 1. The van der Waals surface area contributed by atoms with Crippen molar-refractivity contribution in [3.05, 3.63) is 51.4 Å².